The van der Waals surface area contributed by atoms with Crippen molar-refractivity contribution in [3.63, 3.8) is 0 Å². The quantitative estimate of drug-likeness (QED) is 0.816. The summed E-state index contributed by atoms with van der Waals surface area (Å²) in [7, 11) is 1.72. The molecular weight excluding hydrogens is 186 g/mol. The molecular formula is C13H19NO. The summed E-state index contributed by atoms with van der Waals surface area (Å²) < 4.78 is 5.25. The van der Waals surface area contributed by atoms with Crippen molar-refractivity contribution in [1.29, 1.82) is 0 Å². The fourth-order valence-electron chi connectivity index (χ4n) is 2.11. The van der Waals surface area contributed by atoms with E-state index >= 15 is 0 Å². The minimum absolute atomic E-state index is 0.225. The van der Waals surface area contributed by atoms with E-state index in [1.807, 2.05) is 6.07 Å². The molecule has 1 aromatic rings. The van der Waals surface area contributed by atoms with Crippen molar-refractivity contribution in [3.8, 4) is 5.75 Å². The number of hydrogen-bond acceptors (Lipinski definition) is 2. The van der Waals surface area contributed by atoms with Crippen LogP contribution in [-0.2, 0) is 5.54 Å². The Hall–Kier alpha value is -1.02. The molecule has 0 aromatic heterocycles. The monoisotopic (exact) mass is 205 g/mol. The van der Waals surface area contributed by atoms with Crippen LogP contribution in [0.25, 0.3) is 0 Å². The van der Waals surface area contributed by atoms with E-state index in [1.165, 1.54) is 18.4 Å². The highest BCUT2D eigenvalue weighted by atomic mass is 16.5. The highest BCUT2D eigenvalue weighted by Crippen LogP contribution is 2.46. The van der Waals surface area contributed by atoms with Gasteiger partial charge in [0.15, 0.2) is 0 Å². The Balaban J connectivity index is 2.21. The topological polar surface area (TPSA) is 21.3 Å². The van der Waals surface area contributed by atoms with Crippen LogP contribution in [0.2, 0.25) is 0 Å². The number of nitrogens with one attached hydrogen (secondary N) is 1. The van der Waals surface area contributed by atoms with Crippen LogP contribution in [0, 0.1) is 0 Å². The maximum absolute atomic E-state index is 5.25. The van der Waals surface area contributed by atoms with Crippen molar-refractivity contribution < 1.29 is 4.74 Å². The molecule has 1 N–H and O–H groups in total. The van der Waals surface area contributed by atoms with Gasteiger partial charge in [-0.3, -0.25) is 0 Å². The third-order valence-electron chi connectivity index (χ3n) is 2.94. The van der Waals surface area contributed by atoms with Crippen molar-refractivity contribution in [3.05, 3.63) is 29.8 Å². The molecule has 1 aromatic carbocycles. The molecule has 2 heteroatoms. The number of ether oxygens (including phenoxy) is 1. The van der Waals surface area contributed by atoms with Gasteiger partial charge in [0.1, 0.15) is 5.75 Å². The Labute approximate surface area is 91.6 Å². The average Bonchev–Trinajstić information content (AvgIpc) is 2.98. The van der Waals surface area contributed by atoms with Crippen LogP contribution in [0.15, 0.2) is 24.3 Å². The molecule has 2 nitrogen and oxygen atoms in total. The zero-order valence-corrected chi connectivity index (χ0v) is 9.71. The highest BCUT2D eigenvalue weighted by Gasteiger charge is 2.44. The minimum atomic E-state index is 0.225. The van der Waals surface area contributed by atoms with Gasteiger partial charge >= 0.3 is 0 Å². The number of hydrogen-bond donors (Lipinski definition) is 1. The van der Waals surface area contributed by atoms with E-state index in [2.05, 4.69) is 37.4 Å². The second-order valence-electron chi connectivity index (χ2n) is 4.61. The lowest BCUT2D eigenvalue weighted by Gasteiger charge is -2.21. The first-order valence-electron chi connectivity index (χ1n) is 5.58. The predicted molar refractivity (Wildman–Crippen MR) is 62.2 cm³/mol. The largest absolute Gasteiger partial charge is 0.497 e. The standard InChI is InChI=1S/C13H19NO/c1-10(2)14-13(7-8-13)11-5-4-6-12(9-11)15-3/h4-6,9-10,14H,7-8H2,1-3H3. The van der Waals surface area contributed by atoms with Crippen LogP contribution in [0.3, 0.4) is 0 Å². The SMILES string of the molecule is COc1cccc(C2(NC(C)C)CC2)c1. The van der Waals surface area contributed by atoms with E-state index in [0.717, 1.165) is 5.75 Å². The van der Waals surface area contributed by atoms with Crippen molar-refractivity contribution >= 4 is 0 Å². The van der Waals surface area contributed by atoms with Gasteiger partial charge in [-0.25, -0.2) is 0 Å². The van der Waals surface area contributed by atoms with Crippen molar-refractivity contribution in [1.82, 2.24) is 5.32 Å². The predicted octanol–water partition coefficient (Wildman–Crippen LogP) is 2.68. The summed E-state index contributed by atoms with van der Waals surface area (Å²) in [6.07, 6.45) is 2.47. The maximum Gasteiger partial charge on any atom is 0.119 e. The molecule has 0 heterocycles. The first kappa shape index (κ1) is 10.5. The molecule has 1 saturated carbocycles. The minimum Gasteiger partial charge on any atom is -0.497 e. The molecule has 0 amide bonds. The molecule has 15 heavy (non-hydrogen) atoms. The molecule has 1 fully saturated rings. The van der Waals surface area contributed by atoms with Gasteiger partial charge in [-0.1, -0.05) is 26.0 Å². The molecule has 1 aliphatic rings. The molecule has 0 aliphatic heterocycles. The molecule has 0 spiro atoms. The van der Waals surface area contributed by atoms with Gasteiger partial charge < -0.3 is 10.1 Å². The lowest BCUT2D eigenvalue weighted by molar-refractivity contribution is 0.410. The van der Waals surface area contributed by atoms with E-state index in [4.69, 9.17) is 4.74 Å². The van der Waals surface area contributed by atoms with Gasteiger partial charge in [0.05, 0.1) is 7.11 Å². The van der Waals surface area contributed by atoms with E-state index in [-0.39, 0.29) is 5.54 Å². The first-order valence-corrected chi connectivity index (χ1v) is 5.58. The Morgan fingerprint density at radius 1 is 1.33 bits per heavy atom. The van der Waals surface area contributed by atoms with E-state index in [9.17, 15) is 0 Å². The van der Waals surface area contributed by atoms with E-state index < -0.39 is 0 Å². The van der Waals surface area contributed by atoms with Crippen LogP contribution >= 0.6 is 0 Å². The van der Waals surface area contributed by atoms with Crippen LogP contribution in [0.4, 0.5) is 0 Å². The lowest BCUT2D eigenvalue weighted by Crippen LogP contribution is -2.34. The summed E-state index contributed by atoms with van der Waals surface area (Å²) in [6.45, 7) is 4.39. The zero-order valence-electron chi connectivity index (χ0n) is 9.71. The first-order chi connectivity index (χ1) is 7.16. The summed E-state index contributed by atoms with van der Waals surface area (Å²) in [4.78, 5) is 0. The van der Waals surface area contributed by atoms with Crippen LogP contribution in [0.5, 0.6) is 5.75 Å². The number of benzene rings is 1. The lowest BCUT2D eigenvalue weighted by atomic mass is 10.0. The number of rotatable bonds is 4. The molecule has 1 aliphatic carbocycles. The molecule has 0 bridgehead atoms. The Morgan fingerprint density at radius 3 is 2.60 bits per heavy atom. The van der Waals surface area contributed by atoms with Crippen molar-refractivity contribution in [2.24, 2.45) is 0 Å². The van der Waals surface area contributed by atoms with Gasteiger partial charge in [-0.2, -0.15) is 0 Å². The molecule has 0 radical (unpaired) electrons. The molecule has 0 atom stereocenters. The second kappa shape index (κ2) is 3.86. The van der Waals surface area contributed by atoms with Crippen molar-refractivity contribution in [2.75, 3.05) is 7.11 Å². The summed E-state index contributed by atoms with van der Waals surface area (Å²) in [5.41, 5.74) is 1.58. The van der Waals surface area contributed by atoms with Gasteiger partial charge in [-0.05, 0) is 30.5 Å². The summed E-state index contributed by atoms with van der Waals surface area (Å²) in [5, 5.41) is 3.64. The average molecular weight is 205 g/mol. The maximum atomic E-state index is 5.25. The van der Waals surface area contributed by atoms with Crippen LogP contribution < -0.4 is 10.1 Å². The second-order valence-corrected chi connectivity index (χ2v) is 4.61. The van der Waals surface area contributed by atoms with Gasteiger partial charge in [0.25, 0.3) is 0 Å². The van der Waals surface area contributed by atoms with E-state index in [1.54, 1.807) is 7.11 Å². The molecule has 0 unspecified atom stereocenters. The zero-order chi connectivity index (χ0) is 10.9. The summed E-state index contributed by atoms with van der Waals surface area (Å²) in [6, 6.07) is 8.91. The van der Waals surface area contributed by atoms with Gasteiger partial charge in [0.2, 0.25) is 0 Å². The molecule has 82 valence electrons. The Morgan fingerprint density at radius 2 is 2.07 bits per heavy atom. The van der Waals surface area contributed by atoms with Crippen LogP contribution in [0.1, 0.15) is 32.3 Å². The Kier molecular flexibility index (Phi) is 2.70. The van der Waals surface area contributed by atoms with Gasteiger partial charge in [-0.15, -0.1) is 0 Å². The molecule has 0 saturated heterocycles. The highest BCUT2D eigenvalue weighted by molar-refractivity contribution is 5.36. The fraction of sp³-hybridized carbons (Fsp3) is 0.538. The molecule has 2 rings (SSSR count). The summed E-state index contributed by atoms with van der Waals surface area (Å²) >= 11 is 0. The third-order valence-corrected chi connectivity index (χ3v) is 2.94. The fourth-order valence-corrected chi connectivity index (χ4v) is 2.11. The normalized spacial score (nSPS) is 17.9. The van der Waals surface area contributed by atoms with E-state index in [0.29, 0.717) is 6.04 Å². The van der Waals surface area contributed by atoms with Crippen molar-refractivity contribution in [2.45, 2.75) is 38.3 Å². The third kappa shape index (κ3) is 2.15. The van der Waals surface area contributed by atoms with Crippen LogP contribution in [-0.4, -0.2) is 13.2 Å². The Bertz CT molecular complexity index is 342. The smallest absolute Gasteiger partial charge is 0.119 e. The number of methoxy groups -OCH3 is 1. The van der Waals surface area contributed by atoms with Gasteiger partial charge in [0, 0.05) is 11.6 Å². The summed E-state index contributed by atoms with van der Waals surface area (Å²) in [5.74, 6) is 0.948.